The first-order valence-corrected chi connectivity index (χ1v) is 10.6. The molecule has 9 nitrogen and oxygen atoms in total. The van der Waals surface area contributed by atoms with Crippen LogP contribution >= 0.6 is 0 Å². The number of rotatable bonds is 6. The third-order valence-corrected chi connectivity index (χ3v) is 5.64. The van der Waals surface area contributed by atoms with Crippen molar-refractivity contribution < 1.29 is 14.3 Å². The van der Waals surface area contributed by atoms with Gasteiger partial charge in [0, 0.05) is 32.3 Å². The lowest BCUT2D eigenvalue weighted by Crippen LogP contribution is -2.51. The van der Waals surface area contributed by atoms with E-state index in [1.54, 1.807) is 21.8 Å². The number of nitrogens with one attached hydrogen (secondary N) is 2. The van der Waals surface area contributed by atoms with Crippen LogP contribution in [0.1, 0.15) is 34.4 Å². The highest BCUT2D eigenvalue weighted by Crippen LogP contribution is 2.17. The number of hydrogen-bond acceptors (Lipinski definition) is 5. The van der Waals surface area contributed by atoms with E-state index in [4.69, 9.17) is 4.74 Å². The maximum absolute atomic E-state index is 12.7. The molecular weight excluding hydrogens is 396 g/mol. The number of ether oxygens (including phenoxy) is 1. The molecule has 2 aromatic heterocycles. The monoisotopic (exact) mass is 424 g/mol. The Morgan fingerprint density at radius 2 is 2.10 bits per heavy atom. The number of carbonyl (C=O) groups excluding carboxylic acids is 2. The van der Waals surface area contributed by atoms with E-state index in [-0.39, 0.29) is 18.4 Å². The van der Waals surface area contributed by atoms with Crippen molar-refractivity contribution in [1.29, 1.82) is 0 Å². The van der Waals surface area contributed by atoms with Crippen LogP contribution in [0.15, 0.2) is 24.4 Å². The number of aromatic nitrogens is 4. The smallest absolute Gasteiger partial charge is 0.274 e. The molecule has 164 valence electrons. The molecular formula is C22H28N6O3. The number of imidazole rings is 1. The highest BCUT2D eigenvalue weighted by molar-refractivity contribution is 5.93. The van der Waals surface area contributed by atoms with Crippen molar-refractivity contribution >= 4 is 22.8 Å². The summed E-state index contributed by atoms with van der Waals surface area (Å²) in [5, 5.41) is 7.16. The Morgan fingerprint density at radius 1 is 1.29 bits per heavy atom. The summed E-state index contributed by atoms with van der Waals surface area (Å²) in [6.07, 6.45) is 1.67. The Kier molecular flexibility index (Phi) is 6.03. The molecule has 0 spiro atoms. The number of nitrogens with zero attached hydrogens (tertiary/aromatic N) is 4. The van der Waals surface area contributed by atoms with Gasteiger partial charge in [-0.2, -0.15) is 5.10 Å². The van der Waals surface area contributed by atoms with Crippen LogP contribution in [0, 0.1) is 13.8 Å². The van der Waals surface area contributed by atoms with Gasteiger partial charge in [0.25, 0.3) is 11.8 Å². The van der Waals surface area contributed by atoms with E-state index in [9.17, 15) is 9.59 Å². The summed E-state index contributed by atoms with van der Waals surface area (Å²) < 4.78 is 7.31. The predicted molar refractivity (Wildman–Crippen MR) is 116 cm³/mol. The van der Waals surface area contributed by atoms with Gasteiger partial charge in [0.05, 0.1) is 24.2 Å². The van der Waals surface area contributed by atoms with Crippen molar-refractivity contribution in [2.75, 3.05) is 26.2 Å². The predicted octanol–water partition coefficient (Wildman–Crippen LogP) is 1.60. The molecule has 0 aliphatic carbocycles. The van der Waals surface area contributed by atoms with E-state index in [0.717, 1.165) is 16.9 Å². The Balaban J connectivity index is 1.30. The van der Waals surface area contributed by atoms with E-state index in [1.165, 1.54) is 11.1 Å². The second-order valence-electron chi connectivity index (χ2n) is 7.85. The van der Waals surface area contributed by atoms with Gasteiger partial charge in [-0.05, 0) is 50.1 Å². The van der Waals surface area contributed by atoms with Crippen molar-refractivity contribution in [2.24, 2.45) is 0 Å². The Morgan fingerprint density at radius 3 is 2.87 bits per heavy atom. The third kappa shape index (κ3) is 4.61. The summed E-state index contributed by atoms with van der Waals surface area (Å²) in [6.45, 7) is 8.22. The molecule has 0 bridgehead atoms. The zero-order valence-electron chi connectivity index (χ0n) is 18.1. The van der Waals surface area contributed by atoms with Crippen LogP contribution in [0.25, 0.3) is 11.0 Å². The van der Waals surface area contributed by atoms with E-state index >= 15 is 0 Å². The fourth-order valence-corrected chi connectivity index (χ4v) is 3.66. The highest BCUT2D eigenvalue weighted by atomic mass is 16.5. The van der Waals surface area contributed by atoms with Crippen LogP contribution < -0.4 is 5.32 Å². The lowest BCUT2D eigenvalue weighted by molar-refractivity contribution is -0.137. The molecule has 1 unspecified atom stereocenters. The Bertz CT molecular complexity index is 1060. The molecule has 1 saturated heterocycles. The summed E-state index contributed by atoms with van der Waals surface area (Å²) >= 11 is 0. The van der Waals surface area contributed by atoms with E-state index in [2.05, 4.69) is 46.4 Å². The number of H-pyrrole nitrogens is 1. The van der Waals surface area contributed by atoms with Crippen molar-refractivity contribution in [3.8, 4) is 0 Å². The van der Waals surface area contributed by atoms with Crippen molar-refractivity contribution in [3.05, 3.63) is 47.0 Å². The molecule has 1 aromatic carbocycles. The highest BCUT2D eigenvalue weighted by Gasteiger charge is 2.30. The Hall–Kier alpha value is -3.20. The van der Waals surface area contributed by atoms with Gasteiger partial charge >= 0.3 is 0 Å². The normalized spacial score (nSPS) is 16.6. The van der Waals surface area contributed by atoms with Crippen LogP contribution in [-0.2, 0) is 22.5 Å². The number of morpholine rings is 1. The molecule has 3 heterocycles. The molecule has 31 heavy (non-hydrogen) atoms. The summed E-state index contributed by atoms with van der Waals surface area (Å²) in [5.74, 6) is 0.425. The topological polar surface area (TPSA) is 105 Å². The number of fused-ring (bicyclic) bond motifs is 1. The number of hydrogen-bond donors (Lipinski definition) is 2. The maximum Gasteiger partial charge on any atom is 0.274 e. The van der Waals surface area contributed by atoms with E-state index in [0.29, 0.717) is 38.4 Å². The fourth-order valence-electron chi connectivity index (χ4n) is 3.66. The Labute approximate surface area is 180 Å². The molecule has 2 amide bonds. The van der Waals surface area contributed by atoms with Crippen LogP contribution in [0.5, 0.6) is 0 Å². The molecule has 3 aromatic rings. The fraction of sp³-hybridized carbons (Fsp3) is 0.455. The van der Waals surface area contributed by atoms with Crippen molar-refractivity contribution in [1.82, 2.24) is 30.0 Å². The largest absolute Gasteiger partial charge is 0.365 e. The summed E-state index contributed by atoms with van der Waals surface area (Å²) in [4.78, 5) is 34.8. The quantitative estimate of drug-likeness (QED) is 0.625. The number of amides is 2. The van der Waals surface area contributed by atoms with E-state index < -0.39 is 6.10 Å². The van der Waals surface area contributed by atoms with E-state index in [1.807, 2.05) is 6.92 Å². The standard InChI is InChI=1S/C22H28N6O3/c1-4-28-8-6-16(26-28)22(30)27-9-10-31-19(13-27)21(29)23-7-5-20-24-17-11-14(2)15(3)12-18(17)25-20/h6,8,11-12,19H,4-5,7,9-10,13H2,1-3H3,(H,23,29)(H,24,25). The molecule has 1 atom stereocenters. The molecule has 1 aliphatic heterocycles. The van der Waals surface area contributed by atoms with Crippen molar-refractivity contribution in [2.45, 2.75) is 39.8 Å². The zero-order chi connectivity index (χ0) is 22.0. The van der Waals surface area contributed by atoms with Gasteiger partial charge in [0.1, 0.15) is 11.5 Å². The van der Waals surface area contributed by atoms with Gasteiger partial charge in [-0.1, -0.05) is 0 Å². The number of benzene rings is 1. The minimum atomic E-state index is -0.688. The van der Waals surface area contributed by atoms with Crippen molar-refractivity contribution in [3.63, 3.8) is 0 Å². The van der Waals surface area contributed by atoms with Gasteiger partial charge in [0.2, 0.25) is 0 Å². The molecule has 1 aliphatic rings. The zero-order valence-corrected chi connectivity index (χ0v) is 18.1. The minimum absolute atomic E-state index is 0.179. The van der Waals surface area contributed by atoms with Gasteiger partial charge in [-0.3, -0.25) is 14.3 Å². The second-order valence-corrected chi connectivity index (χ2v) is 7.85. The number of aromatic amines is 1. The van der Waals surface area contributed by atoms with Gasteiger partial charge < -0.3 is 19.9 Å². The second kappa shape index (κ2) is 8.89. The van der Waals surface area contributed by atoms with Gasteiger partial charge in [0.15, 0.2) is 6.10 Å². The average molecular weight is 425 g/mol. The van der Waals surface area contributed by atoms with Gasteiger partial charge in [-0.15, -0.1) is 0 Å². The number of aryl methyl sites for hydroxylation is 3. The maximum atomic E-state index is 12.7. The molecule has 0 radical (unpaired) electrons. The van der Waals surface area contributed by atoms with Gasteiger partial charge in [-0.25, -0.2) is 4.98 Å². The first-order valence-electron chi connectivity index (χ1n) is 10.6. The SMILES string of the molecule is CCn1ccc(C(=O)N2CCOC(C(=O)NCCc3nc4cc(C)c(C)cc4[nH]3)C2)n1. The third-order valence-electron chi connectivity index (χ3n) is 5.64. The van der Waals surface area contributed by atoms with Crippen LogP contribution in [0.2, 0.25) is 0 Å². The summed E-state index contributed by atoms with van der Waals surface area (Å²) in [7, 11) is 0. The average Bonchev–Trinajstić information content (AvgIpc) is 3.40. The minimum Gasteiger partial charge on any atom is -0.365 e. The first kappa shape index (κ1) is 21.0. The molecule has 0 saturated carbocycles. The van der Waals surface area contributed by atoms with Crippen LogP contribution in [-0.4, -0.2) is 68.8 Å². The molecule has 9 heteroatoms. The number of carbonyl (C=O) groups is 2. The summed E-state index contributed by atoms with van der Waals surface area (Å²) in [6, 6.07) is 5.85. The lowest BCUT2D eigenvalue weighted by atomic mass is 10.1. The molecule has 2 N–H and O–H groups in total. The van der Waals surface area contributed by atoms with Crippen LogP contribution in [0.3, 0.4) is 0 Å². The molecule has 1 fully saturated rings. The lowest BCUT2D eigenvalue weighted by Gasteiger charge is -2.31. The molecule has 4 rings (SSSR count). The van der Waals surface area contributed by atoms with Crippen LogP contribution in [0.4, 0.5) is 0 Å². The summed E-state index contributed by atoms with van der Waals surface area (Å²) in [5.41, 5.74) is 4.73. The first-order chi connectivity index (χ1) is 14.9.